The summed E-state index contributed by atoms with van der Waals surface area (Å²) in [4.78, 5) is 14.2. The lowest BCUT2D eigenvalue weighted by molar-refractivity contribution is -0.134. The molecule has 3 aliphatic rings. The van der Waals surface area contributed by atoms with E-state index in [1.165, 1.54) is 32.2 Å². The summed E-state index contributed by atoms with van der Waals surface area (Å²) in [6.07, 6.45) is 6.08. The summed E-state index contributed by atoms with van der Waals surface area (Å²) in [7, 11) is 0. The van der Waals surface area contributed by atoms with Crippen LogP contribution in [0.2, 0.25) is 0 Å². The van der Waals surface area contributed by atoms with E-state index < -0.39 is 0 Å². The molecule has 1 saturated carbocycles. The molecular weight excluding hydrogens is 200 g/mol. The van der Waals surface area contributed by atoms with E-state index in [2.05, 4.69) is 17.1 Å². The largest absolute Gasteiger partial charge is 0.342 e. The molecule has 0 aromatic rings. The highest BCUT2D eigenvalue weighted by atomic mass is 16.2. The van der Waals surface area contributed by atoms with Crippen LogP contribution in [0.5, 0.6) is 0 Å². The first-order valence-corrected chi connectivity index (χ1v) is 6.74. The van der Waals surface area contributed by atoms with Gasteiger partial charge in [-0.05, 0) is 44.6 Å². The van der Waals surface area contributed by atoms with E-state index >= 15 is 0 Å². The van der Waals surface area contributed by atoms with Gasteiger partial charge in [-0.25, -0.2) is 0 Å². The molecule has 0 radical (unpaired) electrons. The van der Waals surface area contributed by atoms with E-state index in [1.807, 2.05) is 0 Å². The van der Waals surface area contributed by atoms with Gasteiger partial charge < -0.3 is 10.2 Å². The first kappa shape index (κ1) is 10.6. The lowest BCUT2D eigenvalue weighted by Gasteiger charge is -2.39. The Labute approximate surface area is 97.6 Å². The van der Waals surface area contributed by atoms with E-state index in [-0.39, 0.29) is 0 Å². The highest BCUT2D eigenvalue weighted by Crippen LogP contribution is 2.40. The highest BCUT2D eigenvalue weighted by Gasteiger charge is 2.44. The van der Waals surface area contributed by atoms with Crippen molar-refractivity contribution in [1.82, 2.24) is 10.2 Å². The van der Waals surface area contributed by atoms with Gasteiger partial charge in [-0.2, -0.15) is 0 Å². The summed E-state index contributed by atoms with van der Waals surface area (Å²) in [6.45, 7) is 5.32. The maximum Gasteiger partial charge on any atom is 0.225 e. The van der Waals surface area contributed by atoms with Crippen molar-refractivity contribution in [2.24, 2.45) is 11.8 Å². The van der Waals surface area contributed by atoms with Gasteiger partial charge in [0, 0.05) is 24.5 Å². The summed E-state index contributed by atoms with van der Waals surface area (Å²) in [5.74, 6) is 1.44. The Morgan fingerprint density at radius 1 is 1.31 bits per heavy atom. The van der Waals surface area contributed by atoms with Crippen LogP contribution in [-0.2, 0) is 4.79 Å². The molecule has 1 aliphatic carbocycles. The summed E-state index contributed by atoms with van der Waals surface area (Å²) in [5.41, 5.74) is 0.395. The standard InChI is InChI=1S/C13H22N2O/c1-10-9-11(10)12(16)15-7-4-13(5-8-15)3-2-6-14-13/h10-11,14H,2-9H2,1H3/t10-,11-/m0/s1. The molecular formula is C13H22N2O. The van der Waals surface area contributed by atoms with Crippen LogP contribution < -0.4 is 5.32 Å². The van der Waals surface area contributed by atoms with E-state index in [1.54, 1.807) is 0 Å². The summed E-state index contributed by atoms with van der Waals surface area (Å²) in [5, 5.41) is 3.65. The second kappa shape index (κ2) is 3.73. The van der Waals surface area contributed by atoms with Crippen LogP contribution in [0.15, 0.2) is 0 Å². The van der Waals surface area contributed by atoms with Crippen molar-refractivity contribution in [3.63, 3.8) is 0 Å². The molecule has 1 amide bonds. The molecule has 3 heteroatoms. The minimum absolute atomic E-state index is 0.366. The molecule has 3 rings (SSSR count). The van der Waals surface area contributed by atoms with Crippen molar-refractivity contribution < 1.29 is 4.79 Å². The lowest BCUT2D eigenvalue weighted by atomic mass is 9.86. The smallest absolute Gasteiger partial charge is 0.225 e. The third-order valence-corrected chi connectivity index (χ3v) is 4.79. The van der Waals surface area contributed by atoms with Gasteiger partial charge in [-0.3, -0.25) is 4.79 Å². The van der Waals surface area contributed by atoms with Gasteiger partial charge in [0.1, 0.15) is 0 Å². The average molecular weight is 222 g/mol. The predicted molar refractivity (Wildman–Crippen MR) is 63.1 cm³/mol. The topological polar surface area (TPSA) is 32.3 Å². The Bertz CT molecular complexity index is 286. The number of piperidine rings is 1. The number of likely N-dealkylation sites (tertiary alicyclic amines) is 1. The van der Waals surface area contributed by atoms with Crippen molar-refractivity contribution in [2.45, 2.75) is 44.6 Å². The first-order valence-electron chi connectivity index (χ1n) is 6.74. The van der Waals surface area contributed by atoms with Crippen molar-refractivity contribution in [2.75, 3.05) is 19.6 Å². The van der Waals surface area contributed by atoms with Gasteiger partial charge >= 0.3 is 0 Å². The van der Waals surface area contributed by atoms with Crippen LogP contribution in [0.4, 0.5) is 0 Å². The third-order valence-electron chi connectivity index (χ3n) is 4.79. The summed E-state index contributed by atoms with van der Waals surface area (Å²) < 4.78 is 0. The lowest BCUT2D eigenvalue weighted by Crippen LogP contribution is -2.51. The maximum atomic E-state index is 12.1. The molecule has 16 heavy (non-hydrogen) atoms. The molecule has 2 aliphatic heterocycles. The first-order chi connectivity index (χ1) is 7.70. The SMILES string of the molecule is C[C@H]1C[C@@H]1C(=O)N1CCC2(CCCN2)CC1. The van der Waals surface area contributed by atoms with Crippen LogP contribution in [0.3, 0.4) is 0 Å². The molecule has 0 aromatic carbocycles. The van der Waals surface area contributed by atoms with Gasteiger partial charge in [0.15, 0.2) is 0 Å². The molecule has 1 N–H and O–H groups in total. The number of amides is 1. The number of hydrogen-bond donors (Lipinski definition) is 1. The zero-order valence-corrected chi connectivity index (χ0v) is 10.2. The molecule has 0 bridgehead atoms. The fraction of sp³-hybridized carbons (Fsp3) is 0.923. The van der Waals surface area contributed by atoms with Crippen LogP contribution in [0.1, 0.15) is 39.0 Å². The van der Waals surface area contributed by atoms with Gasteiger partial charge in [0.2, 0.25) is 5.91 Å². The summed E-state index contributed by atoms with van der Waals surface area (Å²) >= 11 is 0. The van der Waals surface area contributed by atoms with Crippen LogP contribution >= 0.6 is 0 Å². The number of hydrogen-bond acceptors (Lipinski definition) is 2. The van der Waals surface area contributed by atoms with Gasteiger partial charge in [-0.1, -0.05) is 6.92 Å². The van der Waals surface area contributed by atoms with Crippen LogP contribution in [0.25, 0.3) is 0 Å². The Balaban J connectivity index is 1.56. The monoisotopic (exact) mass is 222 g/mol. The number of carbonyl (C=O) groups is 1. The number of rotatable bonds is 1. The molecule has 0 unspecified atom stereocenters. The molecule has 2 atom stereocenters. The molecule has 2 saturated heterocycles. The van der Waals surface area contributed by atoms with Crippen molar-refractivity contribution in [1.29, 1.82) is 0 Å². The van der Waals surface area contributed by atoms with Crippen molar-refractivity contribution in [3.8, 4) is 0 Å². The third kappa shape index (κ3) is 1.75. The van der Waals surface area contributed by atoms with Gasteiger partial charge in [-0.15, -0.1) is 0 Å². The van der Waals surface area contributed by atoms with Crippen LogP contribution in [-0.4, -0.2) is 36.0 Å². The minimum Gasteiger partial charge on any atom is -0.342 e. The molecule has 0 aromatic heterocycles. The zero-order valence-electron chi connectivity index (χ0n) is 10.2. The fourth-order valence-electron chi connectivity index (χ4n) is 3.35. The Kier molecular flexibility index (Phi) is 2.46. The zero-order chi connectivity index (χ0) is 11.2. The molecule has 2 heterocycles. The molecule has 3 fully saturated rings. The Hall–Kier alpha value is -0.570. The van der Waals surface area contributed by atoms with E-state index in [0.717, 1.165) is 19.5 Å². The van der Waals surface area contributed by atoms with Crippen molar-refractivity contribution in [3.05, 3.63) is 0 Å². The normalized spacial score (nSPS) is 36.7. The molecule has 1 spiro atoms. The maximum absolute atomic E-state index is 12.1. The van der Waals surface area contributed by atoms with Crippen LogP contribution in [0, 0.1) is 11.8 Å². The molecule has 90 valence electrons. The predicted octanol–water partition coefficient (Wildman–Crippen LogP) is 1.39. The second-order valence-electron chi connectivity index (χ2n) is 5.96. The van der Waals surface area contributed by atoms with Gasteiger partial charge in [0.25, 0.3) is 0 Å². The highest BCUT2D eigenvalue weighted by molar-refractivity contribution is 5.81. The molecule has 3 nitrogen and oxygen atoms in total. The average Bonchev–Trinajstić information content (AvgIpc) is 2.85. The van der Waals surface area contributed by atoms with E-state index in [4.69, 9.17) is 0 Å². The minimum atomic E-state index is 0.366. The fourth-order valence-corrected chi connectivity index (χ4v) is 3.35. The quantitative estimate of drug-likeness (QED) is 0.727. The number of carbonyl (C=O) groups excluding carboxylic acids is 1. The number of nitrogens with one attached hydrogen (secondary N) is 1. The van der Waals surface area contributed by atoms with Crippen molar-refractivity contribution >= 4 is 5.91 Å². The Morgan fingerprint density at radius 2 is 2.00 bits per heavy atom. The van der Waals surface area contributed by atoms with E-state index in [9.17, 15) is 4.79 Å². The Morgan fingerprint density at radius 3 is 2.50 bits per heavy atom. The second-order valence-corrected chi connectivity index (χ2v) is 5.96. The van der Waals surface area contributed by atoms with Gasteiger partial charge in [0.05, 0.1) is 0 Å². The summed E-state index contributed by atoms with van der Waals surface area (Å²) in [6, 6.07) is 0. The number of nitrogens with zero attached hydrogens (tertiary/aromatic N) is 1. The van der Waals surface area contributed by atoms with E-state index in [0.29, 0.717) is 23.3 Å².